The van der Waals surface area contributed by atoms with E-state index in [-0.39, 0.29) is 0 Å². The molecule has 3 nitrogen and oxygen atoms in total. The minimum absolute atomic E-state index is 0.864. The first kappa shape index (κ1) is 9.31. The van der Waals surface area contributed by atoms with Gasteiger partial charge in [-0.15, -0.1) is 0 Å². The zero-order valence-electron chi connectivity index (χ0n) is 9.04. The number of hydrogen-bond acceptors (Lipinski definition) is 2. The summed E-state index contributed by atoms with van der Waals surface area (Å²) < 4.78 is 2.25. The number of nitrogens with zero attached hydrogens (tertiary/aromatic N) is 3. The highest BCUT2D eigenvalue weighted by molar-refractivity contribution is 5.55. The summed E-state index contributed by atoms with van der Waals surface area (Å²) in [6.45, 7) is 7.18. The molecule has 74 valence electrons. The quantitative estimate of drug-likeness (QED) is 0.633. The third-order valence-electron chi connectivity index (χ3n) is 2.70. The van der Waals surface area contributed by atoms with Crippen LogP contribution in [0.3, 0.4) is 0 Å². The third-order valence-corrected chi connectivity index (χ3v) is 2.70. The molecule has 1 aromatic rings. The van der Waals surface area contributed by atoms with Gasteiger partial charge in [-0.25, -0.2) is 9.56 Å². The minimum atomic E-state index is 0.864. The van der Waals surface area contributed by atoms with Gasteiger partial charge in [-0.1, -0.05) is 0 Å². The molecule has 0 saturated carbocycles. The molecule has 0 radical (unpaired) electrons. The van der Waals surface area contributed by atoms with Crippen molar-refractivity contribution in [2.24, 2.45) is 0 Å². The fourth-order valence-corrected chi connectivity index (χ4v) is 1.82. The summed E-state index contributed by atoms with van der Waals surface area (Å²) >= 11 is 0. The SMILES string of the molecule is Cc1nc(C)c(C)c([N+]2=CCCC2)n1. The molecule has 3 heteroatoms. The smallest absolute Gasteiger partial charge is 0.235 e. The van der Waals surface area contributed by atoms with E-state index in [2.05, 4.69) is 27.7 Å². The zero-order valence-corrected chi connectivity index (χ0v) is 9.04. The van der Waals surface area contributed by atoms with Crippen molar-refractivity contribution in [1.82, 2.24) is 9.97 Å². The summed E-state index contributed by atoms with van der Waals surface area (Å²) in [5.74, 6) is 1.95. The number of hydrogen-bond donors (Lipinski definition) is 0. The predicted octanol–water partition coefficient (Wildman–Crippen LogP) is 1.91. The standard InChI is InChI=1S/C11H16N3/c1-8-9(2)12-10(3)13-11(8)14-6-4-5-7-14/h6H,4-5,7H2,1-3H3/q+1. The van der Waals surface area contributed by atoms with E-state index < -0.39 is 0 Å². The van der Waals surface area contributed by atoms with Crippen molar-refractivity contribution in [3.8, 4) is 0 Å². The molecule has 0 saturated heterocycles. The van der Waals surface area contributed by atoms with E-state index in [1.165, 1.54) is 18.4 Å². The molecule has 0 unspecified atom stereocenters. The maximum Gasteiger partial charge on any atom is 0.329 e. The highest BCUT2D eigenvalue weighted by Crippen LogP contribution is 2.19. The average Bonchev–Trinajstić information content (AvgIpc) is 2.63. The molecule has 2 rings (SSSR count). The van der Waals surface area contributed by atoms with Crippen molar-refractivity contribution in [2.45, 2.75) is 33.6 Å². The van der Waals surface area contributed by atoms with Gasteiger partial charge in [-0.3, -0.25) is 0 Å². The minimum Gasteiger partial charge on any atom is -0.235 e. The van der Waals surface area contributed by atoms with Crippen LogP contribution in [0.25, 0.3) is 0 Å². The lowest BCUT2D eigenvalue weighted by molar-refractivity contribution is -0.431. The summed E-state index contributed by atoms with van der Waals surface area (Å²) in [6, 6.07) is 0. The van der Waals surface area contributed by atoms with Crippen molar-refractivity contribution >= 4 is 12.0 Å². The molecule has 0 atom stereocenters. The van der Waals surface area contributed by atoms with Gasteiger partial charge < -0.3 is 0 Å². The van der Waals surface area contributed by atoms with Crippen molar-refractivity contribution in [2.75, 3.05) is 6.54 Å². The van der Waals surface area contributed by atoms with Crippen molar-refractivity contribution in [1.29, 1.82) is 0 Å². The Morgan fingerprint density at radius 3 is 2.64 bits per heavy atom. The van der Waals surface area contributed by atoms with Crippen molar-refractivity contribution < 1.29 is 4.58 Å². The Hall–Kier alpha value is -1.25. The van der Waals surface area contributed by atoms with Crippen LogP contribution in [0.2, 0.25) is 0 Å². The molecule has 1 aliphatic heterocycles. The fraction of sp³-hybridized carbons (Fsp3) is 0.545. The molecule has 1 aromatic heterocycles. The van der Waals surface area contributed by atoms with Crippen LogP contribution >= 0.6 is 0 Å². The van der Waals surface area contributed by atoms with Gasteiger partial charge in [0.15, 0.2) is 0 Å². The largest absolute Gasteiger partial charge is 0.329 e. The second-order valence-electron chi connectivity index (χ2n) is 3.82. The summed E-state index contributed by atoms with van der Waals surface area (Å²) in [5, 5.41) is 0. The maximum absolute atomic E-state index is 4.50. The number of aryl methyl sites for hydroxylation is 2. The third kappa shape index (κ3) is 1.54. The second-order valence-corrected chi connectivity index (χ2v) is 3.82. The Morgan fingerprint density at radius 2 is 2.00 bits per heavy atom. The first-order chi connectivity index (χ1) is 6.68. The van der Waals surface area contributed by atoms with E-state index in [0.29, 0.717) is 0 Å². The number of aromatic nitrogens is 2. The van der Waals surface area contributed by atoms with E-state index in [1.807, 2.05) is 13.8 Å². The van der Waals surface area contributed by atoms with E-state index in [1.54, 1.807) is 0 Å². The van der Waals surface area contributed by atoms with Gasteiger partial charge >= 0.3 is 5.82 Å². The molecular weight excluding hydrogens is 174 g/mol. The van der Waals surface area contributed by atoms with Crippen LogP contribution in [0.15, 0.2) is 0 Å². The molecule has 2 heterocycles. The molecule has 0 aliphatic carbocycles. The van der Waals surface area contributed by atoms with E-state index >= 15 is 0 Å². The van der Waals surface area contributed by atoms with Gasteiger partial charge in [0, 0.05) is 13.3 Å². The first-order valence-electron chi connectivity index (χ1n) is 5.10. The molecule has 14 heavy (non-hydrogen) atoms. The van der Waals surface area contributed by atoms with Crippen molar-refractivity contribution in [3.05, 3.63) is 17.1 Å². The molecule has 0 fully saturated rings. The Balaban J connectivity index is 2.51. The molecular formula is C11H16N3+. The van der Waals surface area contributed by atoms with Crippen LogP contribution in [-0.4, -0.2) is 27.3 Å². The summed E-state index contributed by atoms with van der Waals surface area (Å²) in [6.07, 6.45) is 4.64. The van der Waals surface area contributed by atoms with Gasteiger partial charge in [-0.2, -0.15) is 0 Å². The Morgan fingerprint density at radius 1 is 1.21 bits per heavy atom. The second kappa shape index (κ2) is 3.48. The summed E-state index contributed by atoms with van der Waals surface area (Å²) in [7, 11) is 0. The van der Waals surface area contributed by atoms with Crippen LogP contribution in [0, 0.1) is 20.8 Å². The fourth-order valence-electron chi connectivity index (χ4n) is 1.82. The van der Waals surface area contributed by atoms with E-state index in [0.717, 1.165) is 23.9 Å². The average molecular weight is 190 g/mol. The monoisotopic (exact) mass is 190 g/mol. The summed E-state index contributed by atoms with van der Waals surface area (Å²) in [4.78, 5) is 8.85. The number of rotatable bonds is 1. The lowest BCUT2D eigenvalue weighted by atomic mass is 10.2. The normalized spacial score (nSPS) is 15.8. The van der Waals surface area contributed by atoms with Crippen LogP contribution in [-0.2, 0) is 0 Å². The van der Waals surface area contributed by atoms with Crippen LogP contribution in [0.5, 0.6) is 0 Å². The topological polar surface area (TPSA) is 28.8 Å². The van der Waals surface area contributed by atoms with Gasteiger partial charge in [0.25, 0.3) is 0 Å². The Kier molecular flexibility index (Phi) is 2.32. The van der Waals surface area contributed by atoms with Crippen molar-refractivity contribution in [3.63, 3.8) is 0 Å². The van der Waals surface area contributed by atoms with Crippen LogP contribution in [0.4, 0.5) is 5.82 Å². The van der Waals surface area contributed by atoms with E-state index in [9.17, 15) is 0 Å². The van der Waals surface area contributed by atoms with Gasteiger partial charge in [0.1, 0.15) is 0 Å². The highest BCUT2D eigenvalue weighted by Gasteiger charge is 2.20. The molecule has 0 bridgehead atoms. The molecule has 1 aliphatic rings. The lowest BCUT2D eigenvalue weighted by Crippen LogP contribution is -2.08. The lowest BCUT2D eigenvalue weighted by Gasteiger charge is -2.02. The summed E-state index contributed by atoms with van der Waals surface area (Å²) in [5.41, 5.74) is 2.29. The zero-order chi connectivity index (χ0) is 10.1. The Bertz CT molecular complexity index is 394. The molecule has 0 spiro atoms. The van der Waals surface area contributed by atoms with Crippen LogP contribution in [0.1, 0.15) is 29.9 Å². The molecule has 0 N–H and O–H groups in total. The highest BCUT2D eigenvalue weighted by atomic mass is 15.1. The Labute approximate surface area is 84.5 Å². The predicted molar refractivity (Wildman–Crippen MR) is 56.3 cm³/mol. The van der Waals surface area contributed by atoms with Gasteiger partial charge in [0.05, 0.1) is 24.0 Å². The van der Waals surface area contributed by atoms with Gasteiger partial charge in [0.2, 0.25) is 5.82 Å². The van der Waals surface area contributed by atoms with Gasteiger partial charge in [-0.05, 0) is 25.3 Å². The molecule has 0 amide bonds. The molecule has 0 aromatic carbocycles. The van der Waals surface area contributed by atoms with Crippen LogP contribution < -0.4 is 0 Å². The maximum atomic E-state index is 4.50. The van der Waals surface area contributed by atoms with E-state index in [4.69, 9.17) is 0 Å². The first-order valence-corrected chi connectivity index (χ1v) is 5.10.